The topological polar surface area (TPSA) is 38.7 Å². The third-order valence-electron chi connectivity index (χ3n) is 1.89. The molecule has 0 spiro atoms. The zero-order valence-electron chi connectivity index (χ0n) is 7.83. The van der Waals surface area contributed by atoms with Crippen molar-refractivity contribution in [3.8, 4) is 0 Å². The third kappa shape index (κ3) is 2.06. The molecule has 0 aromatic rings. The standard InChI is InChI=1S/C9H16O3/c1-6(2)8(10)7-5-11-9(3,4)12-7/h7-8,10H,1,5H2,2-4H3/t7-,8-/m0/s1. The van der Waals surface area contributed by atoms with Gasteiger partial charge in [-0.15, -0.1) is 0 Å². The summed E-state index contributed by atoms with van der Waals surface area (Å²) in [5.74, 6) is -0.568. The Morgan fingerprint density at radius 3 is 2.58 bits per heavy atom. The van der Waals surface area contributed by atoms with Crippen molar-refractivity contribution in [1.82, 2.24) is 0 Å². The van der Waals surface area contributed by atoms with E-state index in [1.54, 1.807) is 6.92 Å². The first-order valence-corrected chi connectivity index (χ1v) is 4.07. The molecule has 12 heavy (non-hydrogen) atoms. The summed E-state index contributed by atoms with van der Waals surface area (Å²) in [5, 5.41) is 9.55. The lowest BCUT2D eigenvalue weighted by atomic mass is 10.1. The van der Waals surface area contributed by atoms with Crippen molar-refractivity contribution in [3.63, 3.8) is 0 Å². The maximum Gasteiger partial charge on any atom is 0.163 e. The van der Waals surface area contributed by atoms with Crippen LogP contribution in [0.1, 0.15) is 20.8 Å². The monoisotopic (exact) mass is 172 g/mol. The van der Waals surface area contributed by atoms with Gasteiger partial charge in [0.25, 0.3) is 0 Å². The van der Waals surface area contributed by atoms with Crippen LogP contribution in [-0.2, 0) is 9.47 Å². The van der Waals surface area contributed by atoms with Crippen LogP contribution in [-0.4, -0.2) is 29.7 Å². The van der Waals surface area contributed by atoms with Crippen LogP contribution in [0.15, 0.2) is 12.2 Å². The molecule has 1 aliphatic rings. The highest BCUT2D eigenvalue weighted by atomic mass is 16.7. The molecule has 0 unspecified atom stereocenters. The number of hydrogen-bond acceptors (Lipinski definition) is 3. The van der Waals surface area contributed by atoms with Crippen LogP contribution in [0.3, 0.4) is 0 Å². The van der Waals surface area contributed by atoms with Crippen LogP contribution in [0.25, 0.3) is 0 Å². The van der Waals surface area contributed by atoms with E-state index in [4.69, 9.17) is 9.47 Å². The Kier molecular flexibility index (Phi) is 2.56. The van der Waals surface area contributed by atoms with Crippen LogP contribution >= 0.6 is 0 Å². The van der Waals surface area contributed by atoms with Gasteiger partial charge >= 0.3 is 0 Å². The third-order valence-corrected chi connectivity index (χ3v) is 1.89. The summed E-state index contributed by atoms with van der Waals surface area (Å²) < 4.78 is 10.7. The molecule has 1 N–H and O–H groups in total. The fourth-order valence-electron chi connectivity index (χ4n) is 1.19. The second-order valence-corrected chi connectivity index (χ2v) is 3.66. The number of rotatable bonds is 2. The molecule has 2 atom stereocenters. The second-order valence-electron chi connectivity index (χ2n) is 3.66. The summed E-state index contributed by atoms with van der Waals surface area (Å²) in [7, 11) is 0. The maximum atomic E-state index is 9.55. The van der Waals surface area contributed by atoms with Gasteiger partial charge in [-0.05, 0) is 26.3 Å². The van der Waals surface area contributed by atoms with Gasteiger partial charge in [-0.3, -0.25) is 0 Å². The predicted octanol–water partition coefficient (Wildman–Crippen LogP) is 1.07. The van der Waals surface area contributed by atoms with E-state index in [0.29, 0.717) is 12.2 Å². The molecule has 0 bridgehead atoms. The van der Waals surface area contributed by atoms with E-state index in [-0.39, 0.29) is 6.10 Å². The SMILES string of the molecule is C=C(C)[C@H](O)[C@@H]1COC(C)(C)O1. The Morgan fingerprint density at radius 1 is 1.67 bits per heavy atom. The van der Waals surface area contributed by atoms with Crippen LogP contribution < -0.4 is 0 Å². The van der Waals surface area contributed by atoms with Gasteiger partial charge in [0.2, 0.25) is 0 Å². The molecule has 3 heteroatoms. The van der Waals surface area contributed by atoms with Crippen molar-refractivity contribution >= 4 is 0 Å². The summed E-state index contributed by atoms with van der Waals surface area (Å²) in [4.78, 5) is 0. The maximum absolute atomic E-state index is 9.55. The van der Waals surface area contributed by atoms with Crippen LogP contribution in [0, 0.1) is 0 Å². The first kappa shape index (κ1) is 9.71. The highest BCUT2D eigenvalue weighted by Gasteiger charge is 2.36. The minimum atomic E-state index is -0.619. The Labute approximate surface area is 73.0 Å². The van der Waals surface area contributed by atoms with E-state index < -0.39 is 11.9 Å². The summed E-state index contributed by atoms with van der Waals surface area (Å²) in [6, 6.07) is 0. The van der Waals surface area contributed by atoms with Crippen molar-refractivity contribution in [2.45, 2.75) is 38.8 Å². The fourth-order valence-corrected chi connectivity index (χ4v) is 1.19. The minimum absolute atomic E-state index is 0.266. The molecule has 1 fully saturated rings. The Balaban J connectivity index is 2.52. The van der Waals surface area contributed by atoms with E-state index >= 15 is 0 Å². The van der Waals surface area contributed by atoms with Crippen molar-refractivity contribution in [2.75, 3.05) is 6.61 Å². The minimum Gasteiger partial charge on any atom is -0.386 e. The quantitative estimate of drug-likeness (QED) is 0.633. The zero-order valence-corrected chi connectivity index (χ0v) is 7.83. The molecule has 3 nitrogen and oxygen atoms in total. The van der Waals surface area contributed by atoms with E-state index in [0.717, 1.165) is 0 Å². The molecule has 0 radical (unpaired) electrons. The van der Waals surface area contributed by atoms with E-state index in [9.17, 15) is 5.11 Å². The van der Waals surface area contributed by atoms with Gasteiger partial charge in [0.1, 0.15) is 12.2 Å². The van der Waals surface area contributed by atoms with E-state index in [2.05, 4.69) is 6.58 Å². The molecule has 0 aliphatic carbocycles. The van der Waals surface area contributed by atoms with Gasteiger partial charge in [-0.25, -0.2) is 0 Å². The van der Waals surface area contributed by atoms with Crippen molar-refractivity contribution in [3.05, 3.63) is 12.2 Å². The Morgan fingerprint density at radius 2 is 2.25 bits per heavy atom. The Hall–Kier alpha value is -0.380. The van der Waals surface area contributed by atoms with Gasteiger partial charge in [-0.2, -0.15) is 0 Å². The highest BCUT2D eigenvalue weighted by molar-refractivity contribution is 5.01. The molecule has 70 valence electrons. The van der Waals surface area contributed by atoms with Gasteiger partial charge in [0.05, 0.1) is 6.61 Å². The van der Waals surface area contributed by atoms with E-state index in [1.165, 1.54) is 0 Å². The fraction of sp³-hybridized carbons (Fsp3) is 0.778. The number of hydrogen-bond donors (Lipinski definition) is 1. The molecule has 0 amide bonds. The predicted molar refractivity (Wildman–Crippen MR) is 45.7 cm³/mol. The molecule has 0 saturated carbocycles. The number of ether oxygens (including phenoxy) is 2. The van der Waals surface area contributed by atoms with Crippen LogP contribution in [0.2, 0.25) is 0 Å². The lowest BCUT2D eigenvalue weighted by molar-refractivity contribution is -0.148. The number of aliphatic hydroxyl groups is 1. The smallest absolute Gasteiger partial charge is 0.163 e. The zero-order chi connectivity index (χ0) is 9.35. The molecule has 1 heterocycles. The molecule has 1 aliphatic heterocycles. The molecular weight excluding hydrogens is 156 g/mol. The van der Waals surface area contributed by atoms with Gasteiger partial charge in [-0.1, -0.05) is 6.58 Å². The van der Waals surface area contributed by atoms with Crippen molar-refractivity contribution < 1.29 is 14.6 Å². The van der Waals surface area contributed by atoms with Gasteiger partial charge in [0.15, 0.2) is 5.79 Å². The largest absolute Gasteiger partial charge is 0.386 e. The summed E-state index contributed by atoms with van der Waals surface area (Å²) >= 11 is 0. The van der Waals surface area contributed by atoms with Gasteiger partial charge in [0, 0.05) is 0 Å². The van der Waals surface area contributed by atoms with Crippen molar-refractivity contribution in [1.29, 1.82) is 0 Å². The summed E-state index contributed by atoms with van der Waals surface area (Å²) in [6.45, 7) is 9.53. The molecule has 0 aromatic heterocycles. The molecule has 1 saturated heterocycles. The highest BCUT2D eigenvalue weighted by Crippen LogP contribution is 2.25. The molecule has 0 aromatic carbocycles. The summed E-state index contributed by atoms with van der Waals surface area (Å²) in [6.07, 6.45) is -0.885. The molecule has 1 rings (SSSR count). The van der Waals surface area contributed by atoms with Crippen molar-refractivity contribution in [2.24, 2.45) is 0 Å². The average molecular weight is 172 g/mol. The van der Waals surface area contributed by atoms with E-state index in [1.807, 2.05) is 13.8 Å². The van der Waals surface area contributed by atoms with Crippen LogP contribution in [0.5, 0.6) is 0 Å². The normalized spacial score (nSPS) is 30.2. The lowest BCUT2D eigenvalue weighted by Crippen LogP contribution is -2.31. The lowest BCUT2D eigenvalue weighted by Gasteiger charge is -2.20. The average Bonchev–Trinajstić information content (AvgIpc) is 2.28. The van der Waals surface area contributed by atoms with Crippen LogP contribution in [0.4, 0.5) is 0 Å². The molecular formula is C9H16O3. The second kappa shape index (κ2) is 3.17. The van der Waals surface area contributed by atoms with Gasteiger partial charge < -0.3 is 14.6 Å². The summed E-state index contributed by atoms with van der Waals surface area (Å²) in [5.41, 5.74) is 0.710. The number of aliphatic hydroxyl groups excluding tert-OH is 1. The first-order valence-electron chi connectivity index (χ1n) is 4.07. The first-order chi connectivity index (χ1) is 5.42. The Bertz CT molecular complexity index is 186.